The quantitative estimate of drug-likeness (QED) is 0.808. The third-order valence-electron chi connectivity index (χ3n) is 2.39. The number of nitriles is 1. The standard InChI is InChI=1S/C11H11N5OS/c1-2-16-10(17)14-15-11(16)18-8-4-3-7(6-12)9(13)5-8/h3-5H,2,13H2,1H3,(H,14,17). The molecule has 0 unspecified atom stereocenters. The highest BCUT2D eigenvalue weighted by Crippen LogP contribution is 2.27. The van der Waals surface area contributed by atoms with Crippen LogP contribution in [0.5, 0.6) is 0 Å². The maximum absolute atomic E-state index is 11.4. The van der Waals surface area contributed by atoms with Crippen molar-refractivity contribution in [3.63, 3.8) is 0 Å². The second-order valence-electron chi connectivity index (χ2n) is 3.52. The van der Waals surface area contributed by atoms with Crippen molar-refractivity contribution in [3.05, 3.63) is 34.2 Å². The highest BCUT2D eigenvalue weighted by molar-refractivity contribution is 7.99. The van der Waals surface area contributed by atoms with E-state index in [1.54, 1.807) is 18.2 Å². The first-order valence-electron chi connectivity index (χ1n) is 5.28. The molecule has 1 aromatic carbocycles. The van der Waals surface area contributed by atoms with E-state index in [1.165, 1.54) is 16.3 Å². The summed E-state index contributed by atoms with van der Waals surface area (Å²) in [6, 6.07) is 7.13. The summed E-state index contributed by atoms with van der Waals surface area (Å²) < 4.78 is 1.53. The Balaban J connectivity index is 2.32. The lowest BCUT2D eigenvalue weighted by atomic mass is 10.2. The lowest BCUT2D eigenvalue weighted by molar-refractivity contribution is 0.660. The van der Waals surface area contributed by atoms with Crippen LogP contribution in [0.15, 0.2) is 33.0 Å². The molecule has 18 heavy (non-hydrogen) atoms. The number of hydrogen-bond acceptors (Lipinski definition) is 5. The molecule has 0 spiro atoms. The molecule has 0 aliphatic rings. The van der Waals surface area contributed by atoms with Gasteiger partial charge in [-0.15, -0.1) is 5.10 Å². The van der Waals surface area contributed by atoms with Gasteiger partial charge in [0, 0.05) is 11.4 Å². The number of anilines is 1. The maximum atomic E-state index is 11.4. The first-order chi connectivity index (χ1) is 8.65. The number of benzene rings is 1. The van der Waals surface area contributed by atoms with E-state index in [4.69, 9.17) is 11.0 Å². The van der Waals surface area contributed by atoms with Crippen LogP contribution in [0, 0.1) is 11.3 Å². The van der Waals surface area contributed by atoms with E-state index in [0.717, 1.165) is 4.90 Å². The van der Waals surface area contributed by atoms with Crippen LogP contribution in [0.2, 0.25) is 0 Å². The molecule has 0 bridgehead atoms. The molecule has 1 aromatic heterocycles. The molecule has 2 rings (SSSR count). The minimum absolute atomic E-state index is 0.235. The van der Waals surface area contributed by atoms with E-state index in [-0.39, 0.29) is 5.69 Å². The minimum Gasteiger partial charge on any atom is -0.398 e. The number of hydrogen-bond donors (Lipinski definition) is 2. The van der Waals surface area contributed by atoms with E-state index in [2.05, 4.69) is 10.2 Å². The molecule has 0 fully saturated rings. The predicted octanol–water partition coefficient (Wildman–Crippen LogP) is 1.20. The summed E-state index contributed by atoms with van der Waals surface area (Å²) in [5, 5.41) is 15.7. The molecule has 0 saturated heterocycles. The fourth-order valence-electron chi connectivity index (χ4n) is 1.47. The molecular weight excluding hydrogens is 250 g/mol. The summed E-state index contributed by atoms with van der Waals surface area (Å²) >= 11 is 1.32. The molecule has 0 atom stereocenters. The number of nitrogen functional groups attached to an aromatic ring is 1. The number of aromatic nitrogens is 3. The van der Waals surface area contributed by atoms with Gasteiger partial charge in [0.25, 0.3) is 0 Å². The molecule has 0 amide bonds. The summed E-state index contributed by atoms with van der Waals surface area (Å²) in [7, 11) is 0. The van der Waals surface area contributed by atoms with Gasteiger partial charge < -0.3 is 5.73 Å². The fourth-order valence-corrected chi connectivity index (χ4v) is 2.42. The van der Waals surface area contributed by atoms with E-state index < -0.39 is 0 Å². The van der Waals surface area contributed by atoms with Gasteiger partial charge in [-0.3, -0.25) is 4.57 Å². The van der Waals surface area contributed by atoms with Gasteiger partial charge >= 0.3 is 5.69 Å². The van der Waals surface area contributed by atoms with Crippen molar-refractivity contribution < 1.29 is 0 Å². The van der Waals surface area contributed by atoms with Crippen LogP contribution in [0.25, 0.3) is 0 Å². The Morgan fingerprint density at radius 2 is 2.39 bits per heavy atom. The Hall–Kier alpha value is -2.20. The van der Waals surface area contributed by atoms with Gasteiger partial charge in [-0.25, -0.2) is 9.89 Å². The van der Waals surface area contributed by atoms with E-state index in [1.807, 2.05) is 13.0 Å². The van der Waals surface area contributed by atoms with E-state index in [9.17, 15) is 4.79 Å². The molecule has 7 heteroatoms. The topological polar surface area (TPSA) is 100 Å². The number of nitrogens with zero attached hydrogens (tertiary/aromatic N) is 3. The molecule has 2 aromatic rings. The van der Waals surface area contributed by atoms with Gasteiger partial charge in [-0.1, -0.05) is 0 Å². The average molecular weight is 261 g/mol. The SMILES string of the molecule is CCn1c(Sc2ccc(C#N)c(N)c2)n[nH]c1=O. The van der Waals surface area contributed by atoms with Crippen molar-refractivity contribution in [2.24, 2.45) is 0 Å². The Morgan fingerprint density at radius 1 is 1.61 bits per heavy atom. The molecule has 0 aliphatic heterocycles. The van der Waals surface area contributed by atoms with Crippen LogP contribution in [0.1, 0.15) is 12.5 Å². The van der Waals surface area contributed by atoms with Crippen LogP contribution in [-0.4, -0.2) is 14.8 Å². The van der Waals surface area contributed by atoms with Crippen molar-refractivity contribution in [3.8, 4) is 6.07 Å². The van der Waals surface area contributed by atoms with Crippen LogP contribution in [-0.2, 0) is 6.54 Å². The molecule has 3 N–H and O–H groups in total. The van der Waals surface area contributed by atoms with Gasteiger partial charge in [0.2, 0.25) is 0 Å². The summed E-state index contributed by atoms with van der Waals surface area (Å²) in [6.45, 7) is 2.41. The van der Waals surface area contributed by atoms with Crippen molar-refractivity contribution in [1.29, 1.82) is 5.26 Å². The number of nitrogens with two attached hydrogens (primary N) is 1. The van der Waals surface area contributed by atoms with Crippen molar-refractivity contribution in [2.45, 2.75) is 23.5 Å². The van der Waals surface area contributed by atoms with Gasteiger partial charge in [0.05, 0.1) is 11.3 Å². The normalized spacial score (nSPS) is 10.2. The Labute approximate surface area is 107 Å². The van der Waals surface area contributed by atoms with Gasteiger partial charge in [-0.2, -0.15) is 5.26 Å². The van der Waals surface area contributed by atoms with Gasteiger partial charge in [0.15, 0.2) is 5.16 Å². The molecular formula is C11H11N5OS. The van der Waals surface area contributed by atoms with Crippen LogP contribution < -0.4 is 11.4 Å². The third kappa shape index (κ3) is 2.24. The number of aromatic amines is 1. The van der Waals surface area contributed by atoms with Crippen LogP contribution >= 0.6 is 11.8 Å². The largest absolute Gasteiger partial charge is 0.398 e. The Kier molecular flexibility index (Phi) is 3.39. The molecule has 0 aliphatic carbocycles. The molecule has 0 radical (unpaired) electrons. The molecule has 1 heterocycles. The lowest BCUT2D eigenvalue weighted by Gasteiger charge is -2.04. The van der Waals surface area contributed by atoms with Crippen LogP contribution in [0.4, 0.5) is 5.69 Å². The van der Waals surface area contributed by atoms with Gasteiger partial charge in [-0.05, 0) is 36.9 Å². The minimum atomic E-state index is -0.235. The van der Waals surface area contributed by atoms with Crippen molar-refractivity contribution in [1.82, 2.24) is 14.8 Å². The summed E-state index contributed by atoms with van der Waals surface area (Å²) in [4.78, 5) is 12.2. The number of rotatable bonds is 3. The van der Waals surface area contributed by atoms with Gasteiger partial charge in [0.1, 0.15) is 6.07 Å². The monoisotopic (exact) mass is 261 g/mol. The first-order valence-corrected chi connectivity index (χ1v) is 6.10. The van der Waals surface area contributed by atoms with Crippen molar-refractivity contribution >= 4 is 17.4 Å². The summed E-state index contributed by atoms with van der Waals surface area (Å²) in [6.07, 6.45) is 0. The summed E-state index contributed by atoms with van der Waals surface area (Å²) in [5.41, 5.74) is 6.35. The highest BCUT2D eigenvalue weighted by atomic mass is 32.2. The predicted molar refractivity (Wildman–Crippen MR) is 68.2 cm³/mol. The molecule has 6 nitrogen and oxygen atoms in total. The number of nitrogens with one attached hydrogen (secondary N) is 1. The Morgan fingerprint density at radius 3 is 3.00 bits per heavy atom. The highest BCUT2D eigenvalue weighted by Gasteiger charge is 2.09. The lowest BCUT2D eigenvalue weighted by Crippen LogP contribution is -2.15. The second kappa shape index (κ2) is 4.98. The second-order valence-corrected chi connectivity index (χ2v) is 4.56. The zero-order valence-corrected chi connectivity index (χ0v) is 10.5. The molecule has 92 valence electrons. The summed E-state index contributed by atoms with van der Waals surface area (Å²) in [5.74, 6) is 0. The average Bonchev–Trinajstić information content (AvgIpc) is 2.70. The zero-order chi connectivity index (χ0) is 13.1. The third-order valence-corrected chi connectivity index (χ3v) is 3.38. The zero-order valence-electron chi connectivity index (χ0n) is 9.67. The Bertz CT molecular complexity index is 667. The van der Waals surface area contributed by atoms with Crippen molar-refractivity contribution in [2.75, 3.05) is 5.73 Å². The van der Waals surface area contributed by atoms with E-state index >= 15 is 0 Å². The van der Waals surface area contributed by atoms with Crippen LogP contribution in [0.3, 0.4) is 0 Å². The maximum Gasteiger partial charge on any atom is 0.343 e. The molecule has 0 saturated carbocycles. The smallest absolute Gasteiger partial charge is 0.343 e. The van der Waals surface area contributed by atoms with E-state index in [0.29, 0.717) is 23.0 Å². The fraction of sp³-hybridized carbons (Fsp3) is 0.182. The number of H-pyrrole nitrogens is 1. The first kappa shape index (κ1) is 12.3.